The number of pyridine rings is 1. The van der Waals surface area contributed by atoms with Crippen LogP contribution in [0.25, 0.3) is 0 Å². The molecule has 3 amide bonds. The van der Waals surface area contributed by atoms with E-state index in [4.69, 9.17) is 32.8 Å². The number of carboxylic acid groups (broad SMARTS) is 1. The van der Waals surface area contributed by atoms with Crippen molar-refractivity contribution in [2.75, 3.05) is 70.0 Å². The minimum absolute atomic E-state index is 0.0238. The predicted molar refractivity (Wildman–Crippen MR) is 185 cm³/mol. The first-order chi connectivity index (χ1) is 23.8. The van der Waals surface area contributed by atoms with Crippen molar-refractivity contribution in [1.82, 2.24) is 26.0 Å². The molecular weight excluding hydrogens is 721 g/mol. The molecule has 0 saturated carbocycles. The number of ether oxygens (including phenoxy) is 1. The number of aromatic nitrogens is 1. The molecule has 15 nitrogen and oxygen atoms in total. The van der Waals surface area contributed by atoms with E-state index in [9.17, 15) is 37.1 Å². The van der Waals surface area contributed by atoms with Crippen LogP contribution in [0.1, 0.15) is 37.3 Å². The van der Waals surface area contributed by atoms with E-state index in [2.05, 4.69) is 26.3 Å². The summed E-state index contributed by atoms with van der Waals surface area (Å²) in [6.45, 7) is -0.556. The van der Waals surface area contributed by atoms with Crippen LogP contribution in [0, 0.1) is 0 Å². The number of carboxylic acids is 1. The SMILES string of the molecule is CN(CCS(=O)(=O)CC(=O)NCC(NC(=O)CCCCNc1ccccn1)C(=O)NC(CC(=O)O)c1cc(Cl)cc(Cl)c1)OCCOCC[18F]. The van der Waals surface area contributed by atoms with Crippen LogP contribution in [0.15, 0.2) is 42.6 Å². The lowest BCUT2D eigenvalue weighted by atomic mass is 10.0. The van der Waals surface area contributed by atoms with Gasteiger partial charge in [-0.2, -0.15) is 5.06 Å². The first kappa shape index (κ1) is 42.6. The fourth-order valence-electron chi connectivity index (χ4n) is 4.33. The highest BCUT2D eigenvalue weighted by atomic mass is 35.5. The average Bonchev–Trinajstić information content (AvgIpc) is 3.04. The number of amides is 3. The Bertz CT molecular complexity index is 1470. The topological polar surface area (TPSA) is 205 Å². The number of aliphatic carboxylic acids is 1. The van der Waals surface area contributed by atoms with Crippen LogP contribution in [0.5, 0.6) is 0 Å². The van der Waals surface area contributed by atoms with Crippen molar-refractivity contribution < 1.29 is 46.7 Å². The van der Waals surface area contributed by atoms with Gasteiger partial charge in [0.2, 0.25) is 17.7 Å². The molecule has 5 N–H and O–H groups in total. The number of hydroxylamine groups is 2. The quantitative estimate of drug-likeness (QED) is 0.0729. The van der Waals surface area contributed by atoms with Gasteiger partial charge in [-0.05, 0) is 48.7 Å². The van der Waals surface area contributed by atoms with E-state index in [0.29, 0.717) is 30.8 Å². The molecule has 0 bridgehead atoms. The van der Waals surface area contributed by atoms with Crippen molar-refractivity contribution >= 4 is 62.5 Å². The molecule has 2 unspecified atom stereocenters. The molecule has 1 aromatic carbocycles. The molecule has 19 heteroatoms. The van der Waals surface area contributed by atoms with Crippen molar-refractivity contribution in [3.63, 3.8) is 0 Å². The summed E-state index contributed by atoms with van der Waals surface area (Å²) in [5, 5.41) is 21.8. The van der Waals surface area contributed by atoms with Gasteiger partial charge in [-0.15, -0.1) is 0 Å². The standard InChI is InChI=1S/C31H43Cl2FN6O9S/c1-40(49-14-13-48-12-8-34)11-15-50(46,47)21-29(42)37-20-26(38-28(41)7-3-5-10-36-27-6-2-4-9-35-27)31(45)39-25(19-30(43)44)22-16-23(32)18-24(33)17-22/h2,4,6,9,16-18,25-26H,3,5,7-8,10-15,19-21H2,1H3,(H,35,36)(H,37,42)(H,38,41)(H,39,45)(H,43,44)/i34-1. The Morgan fingerprint density at radius 2 is 1.76 bits per heavy atom. The Morgan fingerprint density at radius 3 is 2.42 bits per heavy atom. The molecular formula is C31H43Cl2FN6O9S. The van der Waals surface area contributed by atoms with E-state index in [1.54, 1.807) is 18.3 Å². The summed E-state index contributed by atoms with van der Waals surface area (Å²) < 4.78 is 42.2. The number of sulfone groups is 1. The molecule has 2 aromatic rings. The van der Waals surface area contributed by atoms with E-state index in [1.165, 1.54) is 30.3 Å². The van der Waals surface area contributed by atoms with Gasteiger partial charge in [0, 0.05) is 49.3 Å². The fraction of sp³-hybridized carbons (Fsp3) is 0.516. The molecule has 0 aliphatic carbocycles. The minimum Gasteiger partial charge on any atom is -0.481 e. The highest BCUT2D eigenvalue weighted by molar-refractivity contribution is 7.92. The number of halogens is 3. The molecule has 0 saturated heterocycles. The summed E-state index contributed by atoms with van der Waals surface area (Å²) in [6.07, 6.45) is 2.15. The number of nitrogens with zero attached hydrogens (tertiary/aromatic N) is 2. The Kier molecular flexibility index (Phi) is 19.6. The molecule has 50 heavy (non-hydrogen) atoms. The average molecular weight is 765 g/mol. The lowest BCUT2D eigenvalue weighted by Gasteiger charge is -2.24. The summed E-state index contributed by atoms with van der Waals surface area (Å²) in [5.74, 6) is -4.19. The molecule has 0 aliphatic rings. The number of carbonyl (C=O) groups excluding carboxylic acids is 3. The second-order valence-electron chi connectivity index (χ2n) is 11.0. The molecule has 278 valence electrons. The smallest absolute Gasteiger partial charge is 0.305 e. The first-order valence-electron chi connectivity index (χ1n) is 15.6. The lowest BCUT2D eigenvalue weighted by molar-refractivity contribution is -0.148. The number of rotatable bonds is 25. The molecule has 0 aliphatic heterocycles. The Morgan fingerprint density at radius 1 is 1.02 bits per heavy atom. The number of hydrogen-bond donors (Lipinski definition) is 5. The first-order valence-corrected chi connectivity index (χ1v) is 18.2. The van der Waals surface area contributed by atoms with Crippen LogP contribution in [0.3, 0.4) is 0 Å². The third kappa shape index (κ3) is 18.4. The molecule has 2 atom stereocenters. The van der Waals surface area contributed by atoms with Crippen LogP contribution < -0.4 is 21.3 Å². The van der Waals surface area contributed by atoms with Crippen molar-refractivity contribution in [3.8, 4) is 0 Å². The van der Waals surface area contributed by atoms with Gasteiger partial charge in [-0.1, -0.05) is 29.3 Å². The zero-order chi connectivity index (χ0) is 36.9. The van der Waals surface area contributed by atoms with Gasteiger partial charge < -0.3 is 31.1 Å². The van der Waals surface area contributed by atoms with Crippen LogP contribution in [-0.4, -0.2) is 118 Å². The Balaban J connectivity index is 2.02. The van der Waals surface area contributed by atoms with Crippen LogP contribution >= 0.6 is 23.2 Å². The van der Waals surface area contributed by atoms with Gasteiger partial charge in [-0.25, -0.2) is 17.8 Å². The normalized spacial score (nSPS) is 12.6. The minimum atomic E-state index is -3.92. The van der Waals surface area contributed by atoms with E-state index in [0.717, 1.165) is 0 Å². The fourth-order valence-corrected chi connectivity index (χ4v) is 6.05. The predicted octanol–water partition coefficient (Wildman–Crippen LogP) is 2.17. The summed E-state index contributed by atoms with van der Waals surface area (Å²) in [7, 11) is -2.43. The van der Waals surface area contributed by atoms with E-state index in [-0.39, 0.29) is 42.8 Å². The number of unbranched alkanes of at least 4 members (excludes halogenated alkanes) is 1. The summed E-state index contributed by atoms with van der Waals surface area (Å²) in [5.41, 5.74) is 0.292. The zero-order valence-electron chi connectivity index (χ0n) is 27.5. The number of benzene rings is 1. The van der Waals surface area contributed by atoms with E-state index >= 15 is 0 Å². The monoisotopic (exact) mass is 763 g/mol. The van der Waals surface area contributed by atoms with Crippen molar-refractivity contribution in [1.29, 1.82) is 0 Å². The molecule has 0 fully saturated rings. The van der Waals surface area contributed by atoms with Gasteiger partial charge in [0.15, 0.2) is 9.84 Å². The molecule has 0 spiro atoms. The van der Waals surface area contributed by atoms with Crippen LogP contribution in [-0.2, 0) is 38.6 Å². The number of nitrogens with one attached hydrogen (secondary N) is 4. The number of alkyl halides is 1. The Hall–Kier alpha value is -3.61. The van der Waals surface area contributed by atoms with Gasteiger partial charge in [-0.3, -0.25) is 24.0 Å². The lowest BCUT2D eigenvalue weighted by Crippen LogP contribution is -2.53. The summed E-state index contributed by atoms with van der Waals surface area (Å²) >= 11 is 12.2. The largest absolute Gasteiger partial charge is 0.481 e. The summed E-state index contributed by atoms with van der Waals surface area (Å²) in [4.78, 5) is 60.0. The van der Waals surface area contributed by atoms with Crippen molar-refractivity contribution in [2.24, 2.45) is 0 Å². The molecule has 1 aromatic heterocycles. The highest BCUT2D eigenvalue weighted by Gasteiger charge is 2.27. The van der Waals surface area contributed by atoms with Gasteiger partial charge >= 0.3 is 5.97 Å². The number of hydrogen-bond acceptors (Lipinski definition) is 11. The maximum absolute atomic E-state index is 13.4. The molecule has 1 heterocycles. The van der Waals surface area contributed by atoms with Crippen LogP contribution in [0.4, 0.5) is 10.2 Å². The maximum Gasteiger partial charge on any atom is 0.305 e. The number of carbonyl (C=O) groups is 4. The maximum atomic E-state index is 13.4. The number of anilines is 1. The summed E-state index contributed by atoms with van der Waals surface area (Å²) in [6, 6.07) is 7.20. The highest BCUT2D eigenvalue weighted by Crippen LogP contribution is 2.25. The second-order valence-corrected chi connectivity index (χ2v) is 14.0. The Labute approximate surface area is 300 Å². The molecule has 2 rings (SSSR count). The van der Waals surface area contributed by atoms with Gasteiger partial charge in [0.05, 0.1) is 38.0 Å². The van der Waals surface area contributed by atoms with Gasteiger partial charge in [0.1, 0.15) is 24.3 Å². The molecule has 0 radical (unpaired) electrons. The van der Waals surface area contributed by atoms with E-state index < -0.39 is 76.8 Å². The van der Waals surface area contributed by atoms with E-state index in [1.807, 2.05) is 6.07 Å². The second kappa shape index (κ2) is 23.0. The van der Waals surface area contributed by atoms with Crippen molar-refractivity contribution in [3.05, 3.63) is 58.2 Å². The van der Waals surface area contributed by atoms with Crippen LogP contribution in [0.2, 0.25) is 10.0 Å². The van der Waals surface area contributed by atoms with Crippen molar-refractivity contribution in [2.45, 2.75) is 37.8 Å². The third-order valence-electron chi connectivity index (χ3n) is 6.77. The zero-order valence-corrected chi connectivity index (χ0v) is 29.9. The third-order valence-corrected chi connectivity index (χ3v) is 8.71. The van der Waals surface area contributed by atoms with Gasteiger partial charge in [0.25, 0.3) is 0 Å².